The molecular formula is C12H19Cl2N5O. The molecule has 20 heavy (non-hydrogen) atoms. The summed E-state index contributed by atoms with van der Waals surface area (Å²) in [4.78, 5) is 11.8. The molecule has 1 amide bonds. The van der Waals surface area contributed by atoms with Gasteiger partial charge in [0.15, 0.2) is 11.5 Å². The fraction of sp³-hybridized carbons (Fsp3) is 0.417. The average Bonchev–Trinajstić information content (AvgIpc) is 2.81. The maximum absolute atomic E-state index is 11.8. The molecule has 3 N–H and O–H groups in total. The van der Waals surface area contributed by atoms with Gasteiger partial charge in [0.25, 0.3) is 0 Å². The van der Waals surface area contributed by atoms with E-state index in [0.717, 1.165) is 5.65 Å². The van der Waals surface area contributed by atoms with Crippen LogP contribution in [-0.2, 0) is 4.79 Å². The van der Waals surface area contributed by atoms with Crippen molar-refractivity contribution in [2.24, 2.45) is 11.7 Å². The maximum atomic E-state index is 11.8. The van der Waals surface area contributed by atoms with E-state index in [1.54, 1.807) is 6.92 Å². The summed E-state index contributed by atoms with van der Waals surface area (Å²) in [5.41, 5.74) is 6.23. The molecule has 0 spiro atoms. The van der Waals surface area contributed by atoms with E-state index in [9.17, 15) is 4.79 Å². The zero-order valence-corrected chi connectivity index (χ0v) is 12.9. The Bertz CT molecular complexity index is 560. The smallest absolute Gasteiger partial charge is 0.224 e. The van der Waals surface area contributed by atoms with Crippen LogP contribution in [0.4, 0.5) is 0 Å². The van der Waals surface area contributed by atoms with Crippen molar-refractivity contribution in [3.63, 3.8) is 0 Å². The number of rotatable bonds is 4. The topological polar surface area (TPSA) is 85.3 Å². The van der Waals surface area contributed by atoms with Crippen LogP contribution in [0.5, 0.6) is 0 Å². The minimum Gasteiger partial charge on any atom is -0.346 e. The predicted octanol–water partition coefficient (Wildman–Crippen LogP) is 1.34. The van der Waals surface area contributed by atoms with Gasteiger partial charge in [-0.25, -0.2) is 0 Å². The Morgan fingerprint density at radius 2 is 2.05 bits per heavy atom. The molecule has 0 aliphatic rings. The van der Waals surface area contributed by atoms with E-state index in [4.69, 9.17) is 5.73 Å². The Labute approximate surface area is 130 Å². The number of hydrogen-bond acceptors (Lipinski definition) is 4. The summed E-state index contributed by atoms with van der Waals surface area (Å²) in [6.07, 6.45) is 1.87. The lowest BCUT2D eigenvalue weighted by Crippen LogP contribution is -2.35. The average molecular weight is 320 g/mol. The molecule has 0 saturated heterocycles. The van der Waals surface area contributed by atoms with E-state index in [1.807, 2.05) is 35.7 Å². The maximum Gasteiger partial charge on any atom is 0.224 e. The second kappa shape index (κ2) is 8.04. The summed E-state index contributed by atoms with van der Waals surface area (Å²) >= 11 is 0. The van der Waals surface area contributed by atoms with Crippen molar-refractivity contribution in [2.75, 3.05) is 6.54 Å². The van der Waals surface area contributed by atoms with Crippen LogP contribution >= 0.6 is 24.8 Å². The van der Waals surface area contributed by atoms with Gasteiger partial charge in [-0.05, 0) is 19.1 Å². The summed E-state index contributed by atoms with van der Waals surface area (Å²) in [5, 5.41) is 11.0. The molecule has 2 rings (SSSR count). The van der Waals surface area contributed by atoms with E-state index in [2.05, 4.69) is 15.5 Å². The molecule has 2 unspecified atom stereocenters. The number of fused-ring (bicyclic) bond motifs is 1. The summed E-state index contributed by atoms with van der Waals surface area (Å²) in [6, 6.07) is 5.46. The third-order valence-corrected chi connectivity index (χ3v) is 2.89. The Balaban J connectivity index is 0.00000180. The van der Waals surface area contributed by atoms with Gasteiger partial charge in [-0.1, -0.05) is 13.0 Å². The van der Waals surface area contributed by atoms with Gasteiger partial charge in [0, 0.05) is 18.7 Å². The van der Waals surface area contributed by atoms with E-state index in [0.29, 0.717) is 12.4 Å². The first-order chi connectivity index (χ1) is 8.63. The lowest BCUT2D eigenvalue weighted by atomic mass is 10.1. The molecule has 0 bridgehead atoms. The summed E-state index contributed by atoms with van der Waals surface area (Å²) in [6.45, 7) is 4.01. The van der Waals surface area contributed by atoms with Gasteiger partial charge < -0.3 is 11.1 Å². The highest BCUT2D eigenvalue weighted by molar-refractivity contribution is 5.85. The van der Waals surface area contributed by atoms with E-state index in [1.165, 1.54) is 0 Å². The highest BCUT2D eigenvalue weighted by Gasteiger charge is 2.18. The quantitative estimate of drug-likeness (QED) is 0.890. The number of nitrogens with one attached hydrogen (secondary N) is 1. The lowest BCUT2D eigenvalue weighted by molar-refractivity contribution is -0.124. The molecule has 6 nitrogen and oxygen atoms in total. The molecule has 2 aromatic heterocycles. The normalized spacial score (nSPS) is 12.9. The second-order valence-corrected chi connectivity index (χ2v) is 4.35. The molecule has 112 valence electrons. The van der Waals surface area contributed by atoms with Crippen LogP contribution in [0.15, 0.2) is 24.4 Å². The third-order valence-electron chi connectivity index (χ3n) is 2.89. The first-order valence-electron chi connectivity index (χ1n) is 5.93. The highest BCUT2D eigenvalue weighted by Crippen LogP contribution is 2.12. The zero-order chi connectivity index (χ0) is 13.1. The van der Waals surface area contributed by atoms with Crippen LogP contribution in [0.25, 0.3) is 5.65 Å². The van der Waals surface area contributed by atoms with Crippen LogP contribution in [-0.4, -0.2) is 27.0 Å². The van der Waals surface area contributed by atoms with Crippen molar-refractivity contribution in [1.82, 2.24) is 19.9 Å². The van der Waals surface area contributed by atoms with Crippen LogP contribution < -0.4 is 11.1 Å². The van der Waals surface area contributed by atoms with Crippen LogP contribution in [0.1, 0.15) is 25.7 Å². The van der Waals surface area contributed by atoms with Crippen molar-refractivity contribution >= 4 is 36.4 Å². The first-order valence-corrected chi connectivity index (χ1v) is 5.93. The fourth-order valence-corrected chi connectivity index (χ4v) is 1.68. The number of carbonyl (C=O) groups is 1. The highest BCUT2D eigenvalue weighted by atomic mass is 35.5. The van der Waals surface area contributed by atoms with Crippen molar-refractivity contribution in [3.05, 3.63) is 30.2 Å². The number of halogens is 2. The number of nitrogens with two attached hydrogens (primary N) is 1. The van der Waals surface area contributed by atoms with Crippen molar-refractivity contribution in [2.45, 2.75) is 19.9 Å². The van der Waals surface area contributed by atoms with Gasteiger partial charge in [-0.3, -0.25) is 9.20 Å². The molecular weight excluding hydrogens is 301 g/mol. The SMILES string of the molecule is CC(CN)C(=O)NC(C)c1nnc2ccccn12.Cl.Cl. The van der Waals surface area contributed by atoms with E-state index >= 15 is 0 Å². The summed E-state index contributed by atoms with van der Waals surface area (Å²) in [5.74, 6) is 0.437. The third kappa shape index (κ3) is 3.82. The molecule has 2 aromatic rings. The van der Waals surface area contributed by atoms with Crippen LogP contribution in [0.3, 0.4) is 0 Å². The number of carbonyl (C=O) groups excluding carboxylic acids is 1. The minimum atomic E-state index is -0.205. The van der Waals surface area contributed by atoms with Gasteiger partial charge in [-0.2, -0.15) is 0 Å². The van der Waals surface area contributed by atoms with Gasteiger partial charge in [0.05, 0.1) is 6.04 Å². The van der Waals surface area contributed by atoms with Crippen molar-refractivity contribution < 1.29 is 4.79 Å². The van der Waals surface area contributed by atoms with Gasteiger partial charge in [0.2, 0.25) is 5.91 Å². The fourth-order valence-electron chi connectivity index (χ4n) is 1.68. The van der Waals surface area contributed by atoms with Gasteiger partial charge in [0.1, 0.15) is 0 Å². The Morgan fingerprint density at radius 1 is 1.35 bits per heavy atom. The Morgan fingerprint density at radius 3 is 2.70 bits per heavy atom. The Hall–Kier alpha value is -1.37. The van der Waals surface area contributed by atoms with Crippen molar-refractivity contribution in [3.8, 4) is 0 Å². The molecule has 0 radical (unpaired) electrons. The molecule has 2 atom stereocenters. The van der Waals surface area contributed by atoms with Gasteiger partial charge in [-0.15, -0.1) is 35.0 Å². The zero-order valence-electron chi connectivity index (χ0n) is 11.3. The standard InChI is InChI=1S/C12H17N5O.2ClH/c1-8(7-13)12(18)14-9(2)11-16-15-10-5-3-4-6-17(10)11;;/h3-6,8-9H,7,13H2,1-2H3,(H,14,18);2*1H. The molecule has 0 aliphatic carbocycles. The van der Waals surface area contributed by atoms with E-state index < -0.39 is 0 Å². The van der Waals surface area contributed by atoms with Crippen molar-refractivity contribution in [1.29, 1.82) is 0 Å². The monoisotopic (exact) mass is 319 g/mol. The number of pyridine rings is 1. The van der Waals surface area contributed by atoms with Crippen LogP contribution in [0.2, 0.25) is 0 Å². The number of aromatic nitrogens is 3. The second-order valence-electron chi connectivity index (χ2n) is 4.35. The summed E-state index contributed by atoms with van der Waals surface area (Å²) < 4.78 is 1.86. The number of hydrogen-bond donors (Lipinski definition) is 2. The molecule has 0 aromatic carbocycles. The minimum absolute atomic E-state index is 0. The largest absolute Gasteiger partial charge is 0.346 e. The predicted molar refractivity (Wildman–Crippen MR) is 82.3 cm³/mol. The molecule has 0 saturated carbocycles. The van der Waals surface area contributed by atoms with Gasteiger partial charge >= 0.3 is 0 Å². The van der Waals surface area contributed by atoms with Crippen LogP contribution in [0, 0.1) is 5.92 Å². The number of nitrogens with zero attached hydrogens (tertiary/aromatic N) is 3. The first kappa shape index (κ1) is 18.6. The molecule has 0 aliphatic heterocycles. The Kier molecular flexibility index (Phi) is 7.49. The lowest BCUT2D eigenvalue weighted by Gasteiger charge is -2.15. The molecule has 2 heterocycles. The van der Waals surface area contributed by atoms with E-state index in [-0.39, 0.29) is 42.7 Å². The number of amides is 1. The molecule has 0 fully saturated rings. The molecule has 8 heteroatoms. The summed E-state index contributed by atoms with van der Waals surface area (Å²) in [7, 11) is 0.